The Bertz CT molecular complexity index is 248. The summed E-state index contributed by atoms with van der Waals surface area (Å²) in [5, 5.41) is 17.7. The van der Waals surface area contributed by atoms with Gasteiger partial charge in [0.05, 0.1) is 24.9 Å². The molecule has 0 heterocycles. The maximum absolute atomic E-state index is 12.1. The van der Waals surface area contributed by atoms with Crippen LogP contribution in [0.5, 0.6) is 0 Å². The zero-order valence-electron chi connectivity index (χ0n) is 10.2. The van der Waals surface area contributed by atoms with Gasteiger partial charge in [0.15, 0.2) is 0 Å². The van der Waals surface area contributed by atoms with Gasteiger partial charge in [-0.2, -0.15) is 0 Å². The first-order valence-corrected chi connectivity index (χ1v) is 6.85. The molecule has 0 aromatic rings. The van der Waals surface area contributed by atoms with Crippen LogP contribution in [0.25, 0.3) is 0 Å². The SMILES string of the molecule is CC(C)OP(=O)(/C=C/C(O)CO)OC(C)C. The Morgan fingerprint density at radius 2 is 1.62 bits per heavy atom. The highest BCUT2D eigenvalue weighted by Crippen LogP contribution is 2.52. The lowest BCUT2D eigenvalue weighted by Crippen LogP contribution is -2.09. The maximum Gasteiger partial charge on any atom is 0.354 e. The molecule has 2 N–H and O–H groups in total. The van der Waals surface area contributed by atoms with Crippen molar-refractivity contribution in [2.45, 2.75) is 46.0 Å². The standard InChI is InChI=1S/C10H21O5P/c1-8(2)14-16(13,15-9(3)4)6-5-10(12)7-11/h5-6,8-12H,7H2,1-4H3/b6-5+. The largest absolute Gasteiger partial charge is 0.393 e. The van der Waals surface area contributed by atoms with Gasteiger partial charge < -0.3 is 19.3 Å². The van der Waals surface area contributed by atoms with Gasteiger partial charge in [-0.25, -0.2) is 0 Å². The van der Waals surface area contributed by atoms with E-state index in [1.54, 1.807) is 27.7 Å². The molecular formula is C10H21O5P. The van der Waals surface area contributed by atoms with Crippen LogP contribution in [0.1, 0.15) is 27.7 Å². The van der Waals surface area contributed by atoms with E-state index >= 15 is 0 Å². The second-order valence-electron chi connectivity index (χ2n) is 3.94. The van der Waals surface area contributed by atoms with E-state index in [0.717, 1.165) is 0 Å². The Morgan fingerprint density at radius 3 is 1.94 bits per heavy atom. The van der Waals surface area contributed by atoms with Crippen LogP contribution < -0.4 is 0 Å². The third kappa shape index (κ3) is 7.14. The summed E-state index contributed by atoms with van der Waals surface area (Å²) in [5.41, 5.74) is 0. The van der Waals surface area contributed by atoms with Gasteiger partial charge in [-0.05, 0) is 33.8 Å². The van der Waals surface area contributed by atoms with Gasteiger partial charge in [0.25, 0.3) is 0 Å². The molecule has 0 saturated heterocycles. The number of hydrogen-bond donors (Lipinski definition) is 2. The Kier molecular flexibility index (Phi) is 7.11. The van der Waals surface area contributed by atoms with Crippen molar-refractivity contribution in [3.05, 3.63) is 11.9 Å². The predicted molar refractivity (Wildman–Crippen MR) is 62.3 cm³/mol. The van der Waals surface area contributed by atoms with Gasteiger partial charge in [-0.3, -0.25) is 4.57 Å². The van der Waals surface area contributed by atoms with E-state index in [1.165, 1.54) is 11.9 Å². The predicted octanol–water partition coefficient (Wildman–Crippen LogP) is 1.90. The Hall–Kier alpha value is -0.190. The smallest absolute Gasteiger partial charge is 0.354 e. The van der Waals surface area contributed by atoms with Gasteiger partial charge in [-0.1, -0.05) is 0 Å². The monoisotopic (exact) mass is 252 g/mol. The lowest BCUT2D eigenvalue weighted by Gasteiger charge is -2.20. The Labute approximate surface area is 96.6 Å². The van der Waals surface area contributed by atoms with E-state index in [9.17, 15) is 4.57 Å². The Morgan fingerprint density at radius 1 is 1.19 bits per heavy atom. The molecule has 0 rings (SSSR count). The fourth-order valence-corrected chi connectivity index (χ4v) is 2.72. The van der Waals surface area contributed by atoms with E-state index in [-0.39, 0.29) is 12.2 Å². The molecule has 5 nitrogen and oxygen atoms in total. The zero-order valence-corrected chi connectivity index (χ0v) is 11.1. The first-order valence-electron chi connectivity index (χ1n) is 5.24. The first kappa shape index (κ1) is 15.8. The maximum atomic E-state index is 12.1. The fourth-order valence-electron chi connectivity index (χ4n) is 0.948. The zero-order chi connectivity index (χ0) is 12.8. The van der Waals surface area contributed by atoms with Gasteiger partial charge >= 0.3 is 7.60 Å². The summed E-state index contributed by atoms with van der Waals surface area (Å²) in [5.74, 6) is 1.19. The average molecular weight is 252 g/mol. The minimum Gasteiger partial charge on any atom is -0.393 e. The lowest BCUT2D eigenvalue weighted by molar-refractivity contribution is 0.129. The number of aliphatic hydroxyl groups is 2. The van der Waals surface area contributed by atoms with Gasteiger partial charge in [0, 0.05) is 5.82 Å². The van der Waals surface area contributed by atoms with Crippen molar-refractivity contribution < 1.29 is 23.8 Å². The minimum atomic E-state index is -3.35. The van der Waals surface area contributed by atoms with Crippen LogP contribution in [-0.4, -0.2) is 35.1 Å². The molecule has 0 aliphatic heterocycles. The van der Waals surface area contributed by atoms with E-state index < -0.39 is 20.3 Å². The third-order valence-corrected chi connectivity index (χ3v) is 3.36. The molecule has 1 atom stereocenters. The summed E-state index contributed by atoms with van der Waals surface area (Å²) < 4.78 is 22.5. The van der Waals surface area contributed by atoms with Crippen LogP contribution in [0.2, 0.25) is 0 Å². The summed E-state index contributed by atoms with van der Waals surface area (Å²) in [6.45, 7) is 6.54. The average Bonchev–Trinajstić information content (AvgIpc) is 2.11. The van der Waals surface area contributed by atoms with Crippen LogP contribution in [0.15, 0.2) is 11.9 Å². The van der Waals surface area contributed by atoms with Gasteiger partial charge in [-0.15, -0.1) is 0 Å². The van der Waals surface area contributed by atoms with Crippen LogP contribution in [0.3, 0.4) is 0 Å². The fraction of sp³-hybridized carbons (Fsp3) is 0.800. The molecule has 96 valence electrons. The van der Waals surface area contributed by atoms with E-state index in [2.05, 4.69) is 0 Å². The number of hydrogen-bond acceptors (Lipinski definition) is 5. The molecule has 0 bridgehead atoms. The van der Waals surface area contributed by atoms with E-state index in [0.29, 0.717) is 0 Å². The molecule has 0 aliphatic rings. The van der Waals surface area contributed by atoms with Crippen molar-refractivity contribution in [1.82, 2.24) is 0 Å². The van der Waals surface area contributed by atoms with Crippen molar-refractivity contribution in [2.75, 3.05) is 6.61 Å². The summed E-state index contributed by atoms with van der Waals surface area (Å²) in [6.07, 6.45) is -0.341. The second kappa shape index (κ2) is 7.20. The molecule has 1 unspecified atom stereocenters. The summed E-state index contributed by atoms with van der Waals surface area (Å²) in [6, 6.07) is 0. The highest BCUT2D eigenvalue weighted by atomic mass is 31.2. The molecule has 0 aromatic heterocycles. The quantitative estimate of drug-likeness (QED) is 0.677. The minimum absolute atomic E-state index is 0.250. The molecule has 0 aromatic carbocycles. The normalized spacial score (nSPS) is 15.2. The highest BCUT2D eigenvalue weighted by Gasteiger charge is 2.24. The van der Waals surface area contributed by atoms with E-state index in [4.69, 9.17) is 19.3 Å². The van der Waals surface area contributed by atoms with Gasteiger partial charge in [0.2, 0.25) is 0 Å². The van der Waals surface area contributed by atoms with Crippen molar-refractivity contribution in [3.63, 3.8) is 0 Å². The van der Waals surface area contributed by atoms with Crippen molar-refractivity contribution in [2.24, 2.45) is 0 Å². The van der Waals surface area contributed by atoms with E-state index in [1.807, 2.05) is 0 Å². The van der Waals surface area contributed by atoms with Gasteiger partial charge in [0.1, 0.15) is 0 Å². The lowest BCUT2D eigenvalue weighted by atomic mass is 10.4. The van der Waals surface area contributed by atoms with Crippen molar-refractivity contribution >= 4 is 7.60 Å². The molecule has 0 radical (unpaired) electrons. The van der Waals surface area contributed by atoms with Crippen LogP contribution in [0, 0.1) is 0 Å². The molecule has 6 heteroatoms. The second-order valence-corrected chi connectivity index (χ2v) is 5.74. The highest BCUT2D eigenvalue weighted by molar-refractivity contribution is 7.57. The molecule has 0 aliphatic carbocycles. The van der Waals surface area contributed by atoms with Crippen LogP contribution in [0.4, 0.5) is 0 Å². The third-order valence-electron chi connectivity index (χ3n) is 1.39. The van der Waals surface area contributed by atoms with Crippen molar-refractivity contribution in [3.8, 4) is 0 Å². The Balaban J connectivity index is 4.66. The van der Waals surface area contributed by atoms with Crippen LogP contribution in [-0.2, 0) is 13.6 Å². The molecule has 0 saturated carbocycles. The molecule has 0 fully saturated rings. The molecule has 0 amide bonds. The van der Waals surface area contributed by atoms with Crippen molar-refractivity contribution in [1.29, 1.82) is 0 Å². The molecule has 16 heavy (non-hydrogen) atoms. The molecular weight excluding hydrogens is 231 g/mol. The number of aliphatic hydroxyl groups excluding tert-OH is 2. The first-order chi connectivity index (χ1) is 7.29. The summed E-state index contributed by atoms with van der Waals surface area (Å²) in [7, 11) is -3.35. The topological polar surface area (TPSA) is 76.0 Å². The van der Waals surface area contributed by atoms with Crippen LogP contribution >= 0.6 is 7.60 Å². The summed E-state index contributed by atoms with van der Waals surface area (Å²) in [4.78, 5) is 0. The molecule has 0 spiro atoms. The summed E-state index contributed by atoms with van der Waals surface area (Å²) >= 11 is 0. The number of rotatable bonds is 7.